The second-order valence-electron chi connectivity index (χ2n) is 8.90. The highest BCUT2D eigenvalue weighted by atomic mass is 16.1. The number of nitrogens with zero attached hydrogens (tertiary/aromatic N) is 4. The third kappa shape index (κ3) is 3.61. The molecule has 0 aliphatic heterocycles. The van der Waals surface area contributed by atoms with Gasteiger partial charge in [-0.2, -0.15) is 5.10 Å². The van der Waals surface area contributed by atoms with Crippen LogP contribution >= 0.6 is 0 Å². The number of aromatic amines is 2. The van der Waals surface area contributed by atoms with Crippen LogP contribution in [0.2, 0.25) is 0 Å². The van der Waals surface area contributed by atoms with Crippen LogP contribution in [-0.2, 0) is 19.4 Å². The van der Waals surface area contributed by atoms with Crippen LogP contribution in [0.5, 0.6) is 0 Å². The second-order valence-corrected chi connectivity index (χ2v) is 8.90. The number of amides is 1. The molecule has 0 fully saturated rings. The lowest BCUT2D eigenvalue weighted by atomic mass is 9.93. The molecule has 0 spiro atoms. The fourth-order valence-corrected chi connectivity index (χ4v) is 4.94. The maximum absolute atomic E-state index is 12.6. The Balaban J connectivity index is 1.36. The van der Waals surface area contributed by atoms with Crippen molar-refractivity contribution in [2.75, 3.05) is 0 Å². The maximum Gasteiger partial charge on any atom is 0.251 e. The van der Waals surface area contributed by atoms with Crippen molar-refractivity contribution in [2.24, 2.45) is 0 Å². The van der Waals surface area contributed by atoms with E-state index in [0.29, 0.717) is 12.1 Å². The maximum atomic E-state index is 12.6. The molecule has 1 aliphatic rings. The van der Waals surface area contributed by atoms with Gasteiger partial charge in [0, 0.05) is 33.8 Å². The SMILES string of the molecule is Cc1cnc(CNC(=O)c2ccc(-c3nc4cnc5[nH]ncc5c4c4c3CCCCC4)cc2)[nH]1. The molecule has 4 aromatic heterocycles. The van der Waals surface area contributed by atoms with Crippen molar-refractivity contribution in [3.63, 3.8) is 0 Å². The first-order chi connectivity index (χ1) is 16.7. The van der Waals surface area contributed by atoms with Gasteiger partial charge in [-0.15, -0.1) is 0 Å². The minimum atomic E-state index is -0.127. The molecule has 0 saturated carbocycles. The molecule has 5 aromatic rings. The van der Waals surface area contributed by atoms with E-state index in [0.717, 1.165) is 58.6 Å². The molecule has 0 bridgehead atoms. The minimum Gasteiger partial charge on any atom is -0.345 e. The summed E-state index contributed by atoms with van der Waals surface area (Å²) < 4.78 is 0. The molecule has 1 aromatic carbocycles. The number of pyridine rings is 2. The molecule has 0 atom stereocenters. The highest BCUT2D eigenvalue weighted by molar-refractivity contribution is 6.06. The summed E-state index contributed by atoms with van der Waals surface area (Å²) in [5.74, 6) is 0.614. The van der Waals surface area contributed by atoms with Crippen molar-refractivity contribution in [2.45, 2.75) is 45.6 Å². The minimum absolute atomic E-state index is 0.127. The van der Waals surface area contributed by atoms with E-state index in [1.807, 2.05) is 43.6 Å². The lowest BCUT2D eigenvalue weighted by molar-refractivity contribution is 0.0950. The highest BCUT2D eigenvalue weighted by Crippen LogP contribution is 2.36. The number of benzene rings is 1. The predicted molar refractivity (Wildman–Crippen MR) is 130 cm³/mol. The molecular weight excluding hydrogens is 426 g/mol. The molecule has 8 heteroatoms. The van der Waals surface area contributed by atoms with Crippen molar-refractivity contribution in [1.82, 2.24) is 35.5 Å². The van der Waals surface area contributed by atoms with Gasteiger partial charge in [0.2, 0.25) is 0 Å². The highest BCUT2D eigenvalue weighted by Gasteiger charge is 2.21. The Morgan fingerprint density at radius 3 is 2.62 bits per heavy atom. The Kier molecular flexibility index (Phi) is 5.05. The molecule has 1 amide bonds. The van der Waals surface area contributed by atoms with Crippen LogP contribution in [0.25, 0.3) is 33.2 Å². The molecule has 170 valence electrons. The van der Waals surface area contributed by atoms with Crippen molar-refractivity contribution in [3.8, 4) is 11.3 Å². The number of fused-ring (bicyclic) bond motifs is 5. The summed E-state index contributed by atoms with van der Waals surface area (Å²) in [6, 6.07) is 7.72. The van der Waals surface area contributed by atoms with Gasteiger partial charge in [0.15, 0.2) is 5.65 Å². The summed E-state index contributed by atoms with van der Waals surface area (Å²) in [4.78, 5) is 29.6. The van der Waals surface area contributed by atoms with Crippen molar-refractivity contribution in [1.29, 1.82) is 0 Å². The average molecular weight is 452 g/mol. The average Bonchev–Trinajstić information content (AvgIpc) is 3.44. The summed E-state index contributed by atoms with van der Waals surface area (Å²) in [7, 11) is 0. The van der Waals surface area contributed by atoms with Crippen LogP contribution in [-0.4, -0.2) is 36.0 Å². The van der Waals surface area contributed by atoms with Crippen LogP contribution in [0, 0.1) is 6.92 Å². The van der Waals surface area contributed by atoms with Gasteiger partial charge in [-0.1, -0.05) is 18.6 Å². The fraction of sp³-hybridized carbons (Fsp3) is 0.269. The molecule has 34 heavy (non-hydrogen) atoms. The third-order valence-corrected chi connectivity index (χ3v) is 6.59. The quantitative estimate of drug-likeness (QED) is 0.351. The van der Waals surface area contributed by atoms with Crippen molar-refractivity contribution < 1.29 is 4.79 Å². The van der Waals surface area contributed by atoms with E-state index in [2.05, 4.69) is 30.5 Å². The molecule has 4 heterocycles. The van der Waals surface area contributed by atoms with Crippen LogP contribution in [0.3, 0.4) is 0 Å². The van der Waals surface area contributed by atoms with E-state index in [9.17, 15) is 4.79 Å². The van der Waals surface area contributed by atoms with E-state index in [1.54, 1.807) is 6.20 Å². The first kappa shape index (κ1) is 20.5. The molecule has 1 aliphatic carbocycles. The zero-order valence-electron chi connectivity index (χ0n) is 19.0. The summed E-state index contributed by atoms with van der Waals surface area (Å²) >= 11 is 0. The molecular formula is C26H25N7O. The molecule has 0 saturated heterocycles. The van der Waals surface area contributed by atoms with E-state index in [1.165, 1.54) is 29.4 Å². The Hall–Kier alpha value is -4.07. The Morgan fingerprint density at radius 2 is 1.82 bits per heavy atom. The summed E-state index contributed by atoms with van der Waals surface area (Å²) in [5, 5.41) is 12.3. The number of H-pyrrole nitrogens is 2. The number of hydrogen-bond acceptors (Lipinski definition) is 5. The molecule has 0 unspecified atom stereocenters. The van der Waals surface area contributed by atoms with Gasteiger partial charge in [-0.05, 0) is 55.9 Å². The van der Waals surface area contributed by atoms with Gasteiger partial charge >= 0.3 is 0 Å². The number of hydrogen-bond donors (Lipinski definition) is 3. The van der Waals surface area contributed by atoms with E-state index >= 15 is 0 Å². The molecule has 8 nitrogen and oxygen atoms in total. The van der Waals surface area contributed by atoms with Crippen molar-refractivity contribution in [3.05, 3.63) is 71.1 Å². The van der Waals surface area contributed by atoms with Crippen molar-refractivity contribution >= 4 is 27.8 Å². The number of aromatic nitrogens is 6. The number of imidazole rings is 1. The lowest BCUT2D eigenvalue weighted by Gasteiger charge is -2.16. The number of carbonyl (C=O) groups is 1. The first-order valence-corrected chi connectivity index (χ1v) is 11.7. The van der Waals surface area contributed by atoms with E-state index < -0.39 is 0 Å². The van der Waals surface area contributed by atoms with Gasteiger partial charge in [-0.25, -0.2) is 15.0 Å². The first-order valence-electron chi connectivity index (χ1n) is 11.7. The van der Waals surface area contributed by atoms with Crippen LogP contribution < -0.4 is 5.32 Å². The normalized spacial score (nSPS) is 13.7. The number of rotatable bonds is 4. The summed E-state index contributed by atoms with van der Waals surface area (Å²) in [6.45, 7) is 2.30. The van der Waals surface area contributed by atoms with Gasteiger partial charge in [0.1, 0.15) is 5.82 Å². The molecule has 0 radical (unpaired) electrons. The van der Waals surface area contributed by atoms with E-state index in [4.69, 9.17) is 4.98 Å². The standard InChI is InChI=1S/C26H25N7O/c1-15-11-27-22(31-15)14-29-26(34)17-9-7-16(8-10-17)24-19-6-4-2-3-5-18(19)23-20-12-30-33-25(20)28-13-21(23)32-24/h7-13H,2-6,14H2,1H3,(H,27,31)(H,29,34)(H,28,30,33). The van der Waals surface area contributed by atoms with Crippen LogP contribution in [0.4, 0.5) is 0 Å². The second kappa shape index (κ2) is 8.37. The Morgan fingerprint density at radius 1 is 1.00 bits per heavy atom. The fourth-order valence-electron chi connectivity index (χ4n) is 4.94. The Bertz CT molecular complexity index is 1510. The number of nitrogens with one attached hydrogen (secondary N) is 3. The zero-order valence-corrected chi connectivity index (χ0v) is 19.0. The lowest BCUT2D eigenvalue weighted by Crippen LogP contribution is -2.23. The summed E-state index contributed by atoms with van der Waals surface area (Å²) in [6.07, 6.45) is 11.0. The number of carbonyl (C=O) groups excluding carboxylic acids is 1. The van der Waals surface area contributed by atoms with Gasteiger partial charge in [0.05, 0.1) is 30.1 Å². The van der Waals surface area contributed by atoms with Gasteiger partial charge < -0.3 is 10.3 Å². The zero-order chi connectivity index (χ0) is 23.1. The molecule has 6 rings (SSSR count). The predicted octanol–water partition coefficient (Wildman–Crippen LogP) is 4.40. The van der Waals surface area contributed by atoms with Gasteiger partial charge in [-0.3, -0.25) is 9.89 Å². The smallest absolute Gasteiger partial charge is 0.251 e. The van der Waals surface area contributed by atoms with Crippen LogP contribution in [0.1, 0.15) is 52.3 Å². The summed E-state index contributed by atoms with van der Waals surface area (Å²) in [5.41, 5.74) is 7.96. The Labute approximate surface area is 196 Å². The van der Waals surface area contributed by atoms with Gasteiger partial charge in [0.25, 0.3) is 5.91 Å². The monoisotopic (exact) mass is 451 g/mol. The topological polar surface area (TPSA) is 112 Å². The third-order valence-electron chi connectivity index (χ3n) is 6.59. The largest absolute Gasteiger partial charge is 0.345 e. The van der Waals surface area contributed by atoms with Crippen LogP contribution in [0.15, 0.2) is 42.9 Å². The van der Waals surface area contributed by atoms with E-state index in [-0.39, 0.29) is 5.91 Å². The molecule has 3 N–H and O–H groups in total. The number of aryl methyl sites for hydroxylation is 2.